The maximum atomic E-state index is 12.0. The van der Waals surface area contributed by atoms with E-state index in [4.69, 9.17) is 9.84 Å². The third kappa shape index (κ3) is 5.74. The van der Waals surface area contributed by atoms with E-state index in [0.29, 0.717) is 19.6 Å². The van der Waals surface area contributed by atoms with E-state index >= 15 is 0 Å². The summed E-state index contributed by atoms with van der Waals surface area (Å²) in [4.78, 5) is 24.7. The second kappa shape index (κ2) is 8.85. The molecule has 0 heterocycles. The van der Waals surface area contributed by atoms with E-state index < -0.39 is 5.97 Å². The number of aryl methyl sites for hydroxylation is 2. The summed E-state index contributed by atoms with van der Waals surface area (Å²) in [6, 6.07) is 6.29. The molecule has 1 aliphatic carbocycles. The number of benzene rings is 1. The lowest BCUT2D eigenvalue weighted by molar-refractivity contribution is -0.139. The van der Waals surface area contributed by atoms with Crippen LogP contribution in [0.1, 0.15) is 37.3 Å². The molecule has 2 rings (SSSR count). The van der Waals surface area contributed by atoms with Crippen LogP contribution in [0.4, 0.5) is 0 Å². The number of carbonyl (C=O) groups excluding carboxylic acids is 1. The standard InChI is InChI=1S/C19H28N2O4/c1-4-21(12-19(23)24)16-10-15(11-16)20-18(22)7-8-25-17-6-5-13(2)14(3)9-17/h5-6,9,15-16H,4,7-8,10-12H2,1-3H3,(H,20,22)(H,23,24). The van der Waals surface area contributed by atoms with Gasteiger partial charge in [-0.1, -0.05) is 13.0 Å². The fourth-order valence-electron chi connectivity index (χ4n) is 3.04. The zero-order valence-electron chi connectivity index (χ0n) is 15.2. The maximum Gasteiger partial charge on any atom is 0.317 e. The maximum absolute atomic E-state index is 12.0. The van der Waals surface area contributed by atoms with Crippen molar-refractivity contribution < 1.29 is 19.4 Å². The molecule has 1 aromatic rings. The van der Waals surface area contributed by atoms with Crippen molar-refractivity contribution >= 4 is 11.9 Å². The molecular formula is C19H28N2O4. The van der Waals surface area contributed by atoms with Crippen LogP contribution in [0.25, 0.3) is 0 Å². The van der Waals surface area contributed by atoms with Crippen LogP contribution in [-0.4, -0.2) is 53.7 Å². The monoisotopic (exact) mass is 348 g/mol. The number of hydrogen-bond donors (Lipinski definition) is 2. The number of nitrogens with zero attached hydrogens (tertiary/aromatic N) is 1. The minimum absolute atomic E-state index is 0.0198. The van der Waals surface area contributed by atoms with E-state index in [1.54, 1.807) is 0 Å². The molecule has 1 fully saturated rings. The van der Waals surface area contributed by atoms with E-state index in [1.165, 1.54) is 11.1 Å². The largest absolute Gasteiger partial charge is 0.493 e. The van der Waals surface area contributed by atoms with Gasteiger partial charge in [-0.2, -0.15) is 0 Å². The summed E-state index contributed by atoms with van der Waals surface area (Å²) >= 11 is 0. The van der Waals surface area contributed by atoms with E-state index in [-0.39, 0.29) is 24.5 Å². The highest BCUT2D eigenvalue weighted by molar-refractivity contribution is 5.76. The van der Waals surface area contributed by atoms with Crippen LogP contribution in [0.5, 0.6) is 5.75 Å². The van der Waals surface area contributed by atoms with Gasteiger partial charge in [0.1, 0.15) is 5.75 Å². The number of amides is 1. The van der Waals surface area contributed by atoms with Crippen LogP contribution in [0.3, 0.4) is 0 Å². The predicted octanol–water partition coefficient (Wildman–Crippen LogP) is 2.13. The number of carboxylic acid groups (broad SMARTS) is 1. The van der Waals surface area contributed by atoms with Crippen LogP contribution in [0.15, 0.2) is 18.2 Å². The molecule has 0 bridgehead atoms. The Morgan fingerprint density at radius 1 is 1.28 bits per heavy atom. The summed E-state index contributed by atoms with van der Waals surface area (Å²) in [5, 5.41) is 11.9. The molecule has 0 spiro atoms. The van der Waals surface area contributed by atoms with Crippen molar-refractivity contribution in [3.63, 3.8) is 0 Å². The molecule has 138 valence electrons. The fourth-order valence-corrected chi connectivity index (χ4v) is 3.04. The first-order chi connectivity index (χ1) is 11.9. The Balaban J connectivity index is 1.65. The van der Waals surface area contributed by atoms with Gasteiger partial charge in [0.2, 0.25) is 5.91 Å². The number of carboxylic acids is 1. The molecule has 1 aliphatic rings. The Labute approximate surface area is 149 Å². The Bertz CT molecular complexity index is 611. The molecule has 0 atom stereocenters. The first-order valence-corrected chi connectivity index (χ1v) is 8.84. The van der Waals surface area contributed by atoms with Crippen molar-refractivity contribution in [2.45, 2.75) is 52.1 Å². The van der Waals surface area contributed by atoms with Crippen molar-refractivity contribution in [3.8, 4) is 5.75 Å². The van der Waals surface area contributed by atoms with Crippen LogP contribution in [0.2, 0.25) is 0 Å². The number of nitrogens with one attached hydrogen (secondary N) is 1. The van der Waals surface area contributed by atoms with Gasteiger partial charge in [-0.3, -0.25) is 14.5 Å². The zero-order valence-corrected chi connectivity index (χ0v) is 15.2. The summed E-state index contributed by atoms with van der Waals surface area (Å²) in [7, 11) is 0. The average molecular weight is 348 g/mol. The Morgan fingerprint density at radius 2 is 2.00 bits per heavy atom. The van der Waals surface area contributed by atoms with Crippen LogP contribution < -0.4 is 10.1 Å². The molecule has 2 N–H and O–H groups in total. The van der Waals surface area contributed by atoms with Gasteiger partial charge in [0, 0.05) is 12.1 Å². The second-order valence-corrected chi connectivity index (χ2v) is 6.69. The molecule has 0 aliphatic heterocycles. The number of likely N-dealkylation sites (N-methyl/N-ethyl adjacent to an activating group) is 1. The van der Waals surface area contributed by atoms with E-state index in [9.17, 15) is 9.59 Å². The highest BCUT2D eigenvalue weighted by atomic mass is 16.5. The third-order valence-corrected chi connectivity index (χ3v) is 4.82. The van der Waals surface area contributed by atoms with Crippen LogP contribution in [0, 0.1) is 13.8 Å². The molecule has 1 saturated carbocycles. The zero-order chi connectivity index (χ0) is 18.4. The van der Waals surface area contributed by atoms with E-state index in [0.717, 1.165) is 18.6 Å². The highest BCUT2D eigenvalue weighted by Crippen LogP contribution is 2.25. The minimum Gasteiger partial charge on any atom is -0.493 e. The summed E-state index contributed by atoms with van der Waals surface area (Å²) in [5.74, 6) is -0.0433. The quantitative estimate of drug-likeness (QED) is 0.715. The molecule has 6 heteroatoms. The van der Waals surface area contributed by atoms with Gasteiger partial charge in [0.15, 0.2) is 0 Å². The Kier molecular flexibility index (Phi) is 6.82. The summed E-state index contributed by atoms with van der Waals surface area (Å²) in [6.07, 6.45) is 1.94. The van der Waals surface area contributed by atoms with Crippen LogP contribution in [-0.2, 0) is 9.59 Å². The molecule has 0 unspecified atom stereocenters. The van der Waals surface area contributed by atoms with Gasteiger partial charge in [0.25, 0.3) is 0 Å². The smallest absolute Gasteiger partial charge is 0.317 e. The molecule has 0 radical (unpaired) electrons. The molecule has 0 aromatic heterocycles. The van der Waals surface area contributed by atoms with Crippen molar-refractivity contribution in [2.75, 3.05) is 19.7 Å². The molecule has 25 heavy (non-hydrogen) atoms. The SMILES string of the molecule is CCN(CC(=O)O)C1CC(NC(=O)CCOc2ccc(C)c(C)c2)C1. The van der Waals surface area contributed by atoms with Crippen LogP contribution >= 0.6 is 0 Å². The number of carbonyl (C=O) groups is 2. The van der Waals surface area contributed by atoms with Crippen molar-refractivity contribution in [2.24, 2.45) is 0 Å². The van der Waals surface area contributed by atoms with Crippen molar-refractivity contribution in [3.05, 3.63) is 29.3 Å². The summed E-state index contributed by atoms with van der Waals surface area (Å²) < 4.78 is 5.63. The second-order valence-electron chi connectivity index (χ2n) is 6.69. The first kappa shape index (κ1) is 19.2. The van der Waals surface area contributed by atoms with E-state index in [1.807, 2.05) is 36.9 Å². The lowest BCUT2D eigenvalue weighted by Crippen LogP contribution is -2.54. The molecule has 6 nitrogen and oxygen atoms in total. The van der Waals surface area contributed by atoms with Gasteiger partial charge in [0.05, 0.1) is 19.6 Å². The normalized spacial score (nSPS) is 19.4. The topological polar surface area (TPSA) is 78.9 Å². The third-order valence-electron chi connectivity index (χ3n) is 4.82. The van der Waals surface area contributed by atoms with Gasteiger partial charge in [-0.05, 0) is 56.5 Å². The Morgan fingerprint density at radius 3 is 2.60 bits per heavy atom. The van der Waals surface area contributed by atoms with Crippen molar-refractivity contribution in [1.82, 2.24) is 10.2 Å². The van der Waals surface area contributed by atoms with E-state index in [2.05, 4.69) is 12.2 Å². The summed E-state index contributed by atoms with van der Waals surface area (Å²) in [5.41, 5.74) is 2.39. The average Bonchev–Trinajstić information content (AvgIpc) is 2.52. The van der Waals surface area contributed by atoms with Gasteiger partial charge in [-0.15, -0.1) is 0 Å². The van der Waals surface area contributed by atoms with Gasteiger partial charge < -0.3 is 15.2 Å². The highest BCUT2D eigenvalue weighted by Gasteiger charge is 2.34. The minimum atomic E-state index is -0.808. The molecular weight excluding hydrogens is 320 g/mol. The summed E-state index contributed by atoms with van der Waals surface area (Å²) in [6.45, 7) is 7.16. The molecule has 0 saturated heterocycles. The molecule has 1 amide bonds. The number of hydrogen-bond acceptors (Lipinski definition) is 4. The Hall–Kier alpha value is -2.08. The fraction of sp³-hybridized carbons (Fsp3) is 0.579. The molecule has 1 aromatic carbocycles. The lowest BCUT2D eigenvalue weighted by Gasteiger charge is -2.42. The van der Waals surface area contributed by atoms with Crippen molar-refractivity contribution in [1.29, 1.82) is 0 Å². The lowest BCUT2D eigenvalue weighted by atomic mass is 9.85. The number of ether oxygens (including phenoxy) is 1. The van der Waals surface area contributed by atoms with Gasteiger partial charge >= 0.3 is 5.97 Å². The number of rotatable bonds is 9. The predicted molar refractivity (Wildman–Crippen MR) is 95.9 cm³/mol. The number of aliphatic carboxylic acids is 1. The van der Waals surface area contributed by atoms with Gasteiger partial charge in [-0.25, -0.2) is 0 Å². The first-order valence-electron chi connectivity index (χ1n) is 8.84.